The van der Waals surface area contributed by atoms with Gasteiger partial charge in [-0.15, -0.1) is 12.1 Å². The van der Waals surface area contributed by atoms with E-state index < -0.39 is 0 Å². The van der Waals surface area contributed by atoms with Crippen LogP contribution in [0.3, 0.4) is 0 Å². The Balaban J connectivity index is 2.66. The highest BCUT2D eigenvalue weighted by Gasteiger charge is 1.94. The molecule has 0 fully saturated rings. The van der Waals surface area contributed by atoms with Crippen LogP contribution in [0.4, 0.5) is 0 Å². The molecule has 1 aromatic carbocycles. The van der Waals surface area contributed by atoms with Gasteiger partial charge in [0.15, 0.2) is 0 Å². The number of benzene rings is 1. The molecule has 0 spiro atoms. The molecular formula is C10H14B-. The molecule has 0 unspecified atom stereocenters. The molecule has 0 N–H and O–H groups in total. The first-order valence-corrected chi connectivity index (χ1v) is 3.99. The molecule has 0 heterocycles. The van der Waals surface area contributed by atoms with Crippen molar-refractivity contribution in [3.8, 4) is 0 Å². The molecule has 0 bridgehead atoms. The Hall–Kier alpha value is -0.715. The third-order valence-electron chi connectivity index (χ3n) is 1.40. The Kier molecular flexibility index (Phi) is 2.38. The maximum absolute atomic E-state index is 2.27. The lowest BCUT2D eigenvalue weighted by Crippen LogP contribution is -2.22. The molecule has 11 heavy (non-hydrogen) atoms. The topological polar surface area (TPSA) is 0 Å². The van der Waals surface area contributed by atoms with Crippen molar-refractivity contribution >= 4 is 12.7 Å². The van der Waals surface area contributed by atoms with Crippen LogP contribution in [-0.4, -0.2) is 7.28 Å². The SMILES string of the molecule is CC(C)(C)[B-]c1ccccc1. The van der Waals surface area contributed by atoms with Crippen molar-refractivity contribution in [1.29, 1.82) is 0 Å². The molecule has 1 rings (SSSR count). The number of hydrogen-bond acceptors (Lipinski definition) is 0. The van der Waals surface area contributed by atoms with Crippen LogP contribution < -0.4 is 5.46 Å². The van der Waals surface area contributed by atoms with Crippen molar-refractivity contribution in [3.05, 3.63) is 30.3 Å². The standard InChI is InChI=1S/C10H14B/c1-10(2,3)11-9-7-5-4-6-8-9/h4-8H,1-3H3/q-1. The molecule has 0 amide bonds. The van der Waals surface area contributed by atoms with Gasteiger partial charge < -0.3 is 0 Å². The molecule has 0 nitrogen and oxygen atoms in total. The second-order valence-electron chi connectivity index (χ2n) is 3.92. The molecule has 0 aliphatic rings. The maximum Gasteiger partial charge on any atom is -0.0625 e. The van der Waals surface area contributed by atoms with Crippen molar-refractivity contribution in [2.45, 2.75) is 26.1 Å². The van der Waals surface area contributed by atoms with E-state index in [0.29, 0.717) is 0 Å². The third-order valence-corrected chi connectivity index (χ3v) is 1.40. The summed E-state index contributed by atoms with van der Waals surface area (Å²) >= 11 is 0. The van der Waals surface area contributed by atoms with Gasteiger partial charge in [-0.2, -0.15) is 0 Å². The minimum absolute atomic E-state index is 0.279. The normalized spacial score (nSPS) is 11.5. The Morgan fingerprint density at radius 2 is 1.55 bits per heavy atom. The monoisotopic (exact) mass is 145 g/mol. The minimum Gasteiger partial charge on any atom is -0.290 e. The number of rotatable bonds is 1. The van der Waals surface area contributed by atoms with Gasteiger partial charge in [0.25, 0.3) is 0 Å². The lowest BCUT2D eigenvalue weighted by molar-refractivity contribution is 0.759. The summed E-state index contributed by atoms with van der Waals surface area (Å²) in [4.78, 5) is 0. The van der Waals surface area contributed by atoms with Crippen LogP contribution in [0.15, 0.2) is 30.3 Å². The highest BCUT2D eigenvalue weighted by Crippen LogP contribution is 2.19. The van der Waals surface area contributed by atoms with Gasteiger partial charge in [-0.1, -0.05) is 39.0 Å². The average Bonchev–Trinajstić information content (AvgIpc) is 1.85. The average molecular weight is 145 g/mol. The molecule has 0 atom stereocenters. The zero-order chi connectivity index (χ0) is 8.32. The molecule has 0 saturated carbocycles. The van der Waals surface area contributed by atoms with Crippen LogP contribution in [0.2, 0.25) is 5.31 Å². The van der Waals surface area contributed by atoms with E-state index in [1.807, 2.05) is 6.07 Å². The van der Waals surface area contributed by atoms with Gasteiger partial charge in [0.2, 0.25) is 0 Å². The lowest BCUT2D eigenvalue weighted by Gasteiger charge is -2.33. The van der Waals surface area contributed by atoms with E-state index in [2.05, 4.69) is 52.3 Å². The van der Waals surface area contributed by atoms with Crippen molar-refractivity contribution in [1.82, 2.24) is 0 Å². The van der Waals surface area contributed by atoms with Gasteiger partial charge in [0.1, 0.15) is 0 Å². The van der Waals surface area contributed by atoms with E-state index >= 15 is 0 Å². The maximum atomic E-state index is 2.27. The van der Waals surface area contributed by atoms with Crippen molar-refractivity contribution < 1.29 is 0 Å². The smallest absolute Gasteiger partial charge is 0.0625 e. The zero-order valence-corrected chi connectivity index (χ0v) is 7.46. The van der Waals surface area contributed by atoms with E-state index in [0.717, 1.165) is 0 Å². The minimum atomic E-state index is 0.279. The zero-order valence-electron chi connectivity index (χ0n) is 7.46. The quantitative estimate of drug-likeness (QED) is 0.531. The van der Waals surface area contributed by atoms with Gasteiger partial charge in [0.05, 0.1) is 0 Å². The second kappa shape index (κ2) is 3.12. The molecule has 0 aliphatic carbocycles. The van der Waals surface area contributed by atoms with Gasteiger partial charge in [0, 0.05) is 0 Å². The van der Waals surface area contributed by atoms with Gasteiger partial charge in [-0.3, -0.25) is 12.7 Å². The van der Waals surface area contributed by atoms with Crippen LogP contribution in [0.25, 0.3) is 0 Å². The van der Waals surface area contributed by atoms with E-state index in [9.17, 15) is 0 Å². The summed E-state index contributed by atoms with van der Waals surface area (Å²) in [5.41, 5.74) is 1.31. The summed E-state index contributed by atoms with van der Waals surface area (Å²) in [5.74, 6) is 0. The first-order valence-electron chi connectivity index (χ1n) is 3.99. The van der Waals surface area contributed by atoms with Crippen LogP contribution >= 0.6 is 0 Å². The van der Waals surface area contributed by atoms with Crippen LogP contribution in [0.5, 0.6) is 0 Å². The summed E-state index contributed by atoms with van der Waals surface area (Å²) in [6.07, 6.45) is 0. The first-order chi connectivity index (χ1) is 5.08. The van der Waals surface area contributed by atoms with Gasteiger partial charge >= 0.3 is 0 Å². The highest BCUT2D eigenvalue weighted by atomic mass is 14.0. The molecule has 0 saturated heterocycles. The first kappa shape index (κ1) is 8.38. The summed E-state index contributed by atoms with van der Waals surface area (Å²) in [6.45, 7) is 6.62. The number of hydrogen-bond donors (Lipinski definition) is 0. The van der Waals surface area contributed by atoms with Crippen molar-refractivity contribution in [2.24, 2.45) is 0 Å². The molecule has 1 aromatic rings. The van der Waals surface area contributed by atoms with Crippen molar-refractivity contribution in [3.63, 3.8) is 0 Å². The molecule has 58 valence electrons. The van der Waals surface area contributed by atoms with Gasteiger partial charge in [-0.05, 0) is 0 Å². The van der Waals surface area contributed by atoms with Crippen LogP contribution in [-0.2, 0) is 0 Å². The van der Waals surface area contributed by atoms with Crippen molar-refractivity contribution in [2.75, 3.05) is 0 Å². The fourth-order valence-corrected chi connectivity index (χ4v) is 1.05. The lowest BCUT2D eigenvalue weighted by atomic mass is 9.51. The van der Waals surface area contributed by atoms with E-state index in [4.69, 9.17) is 0 Å². The Bertz CT molecular complexity index is 208. The molecule has 0 aromatic heterocycles. The van der Waals surface area contributed by atoms with E-state index in [1.165, 1.54) is 5.46 Å². The molecular weight excluding hydrogens is 131 g/mol. The Morgan fingerprint density at radius 1 is 1.00 bits per heavy atom. The molecule has 0 aliphatic heterocycles. The second-order valence-corrected chi connectivity index (χ2v) is 3.92. The summed E-state index contributed by atoms with van der Waals surface area (Å²) < 4.78 is 0. The summed E-state index contributed by atoms with van der Waals surface area (Å²) in [7, 11) is 2.27. The summed E-state index contributed by atoms with van der Waals surface area (Å²) in [6, 6.07) is 10.4. The fraction of sp³-hybridized carbons (Fsp3) is 0.400. The summed E-state index contributed by atoms with van der Waals surface area (Å²) in [5, 5.41) is 0.279. The predicted octanol–water partition coefficient (Wildman–Crippen LogP) is 2.23. The molecule has 1 heteroatoms. The van der Waals surface area contributed by atoms with Crippen LogP contribution in [0, 0.1) is 0 Å². The Morgan fingerprint density at radius 3 is 2.00 bits per heavy atom. The van der Waals surface area contributed by atoms with Gasteiger partial charge in [-0.25, -0.2) is 5.31 Å². The molecule has 2 radical (unpaired) electrons. The largest absolute Gasteiger partial charge is 0.290 e. The Labute approximate surface area is 69.9 Å². The highest BCUT2D eigenvalue weighted by molar-refractivity contribution is 6.56. The predicted molar refractivity (Wildman–Crippen MR) is 51.5 cm³/mol. The third kappa shape index (κ3) is 3.27. The van der Waals surface area contributed by atoms with E-state index in [-0.39, 0.29) is 5.31 Å². The van der Waals surface area contributed by atoms with E-state index in [1.54, 1.807) is 0 Å². The fourth-order valence-electron chi connectivity index (χ4n) is 1.05. The van der Waals surface area contributed by atoms with Crippen LogP contribution in [0.1, 0.15) is 20.8 Å².